The molecule has 1 aromatic carbocycles. The molecule has 0 aromatic heterocycles. The summed E-state index contributed by atoms with van der Waals surface area (Å²) >= 11 is 0. The fourth-order valence-electron chi connectivity index (χ4n) is 3.78. The Balaban J connectivity index is 1.40. The van der Waals surface area contributed by atoms with Crippen molar-refractivity contribution in [2.45, 2.75) is 25.7 Å². The van der Waals surface area contributed by atoms with E-state index < -0.39 is 0 Å². The first-order chi connectivity index (χ1) is 11.2. The molecule has 1 aliphatic carbocycles. The lowest BCUT2D eigenvalue weighted by atomic mass is 10.1. The van der Waals surface area contributed by atoms with Crippen LogP contribution in [-0.4, -0.2) is 56.9 Å². The number of hydrogen-bond donors (Lipinski definition) is 4. The van der Waals surface area contributed by atoms with Gasteiger partial charge in [0.1, 0.15) is 32.7 Å². The fraction of sp³-hybridized carbons (Fsp3) is 0.611. The van der Waals surface area contributed by atoms with Crippen LogP contribution in [0.5, 0.6) is 0 Å². The Morgan fingerprint density at radius 2 is 1.74 bits per heavy atom. The highest BCUT2D eigenvalue weighted by molar-refractivity contribution is 5.90. The van der Waals surface area contributed by atoms with Gasteiger partial charge in [0, 0.05) is 5.69 Å². The molecule has 3 rings (SSSR count). The minimum Gasteiger partial charge on any atom is -0.391 e. The van der Waals surface area contributed by atoms with E-state index in [1.165, 1.54) is 33.8 Å². The summed E-state index contributed by atoms with van der Waals surface area (Å²) in [6, 6.07) is 6.34. The minimum absolute atomic E-state index is 0.126. The van der Waals surface area contributed by atoms with E-state index in [9.17, 15) is 4.79 Å². The average molecular weight is 319 g/mol. The van der Waals surface area contributed by atoms with Crippen LogP contribution in [0.25, 0.3) is 0 Å². The van der Waals surface area contributed by atoms with E-state index in [0.29, 0.717) is 6.42 Å². The van der Waals surface area contributed by atoms with Crippen LogP contribution in [0, 0.1) is 0 Å². The summed E-state index contributed by atoms with van der Waals surface area (Å²) < 4.78 is 0. The molecule has 4 N–H and O–H groups in total. The van der Waals surface area contributed by atoms with E-state index in [2.05, 4.69) is 17.4 Å². The van der Waals surface area contributed by atoms with Gasteiger partial charge in [0.25, 0.3) is 0 Å². The van der Waals surface area contributed by atoms with Crippen LogP contribution in [0.1, 0.15) is 24.0 Å². The quantitative estimate of drug-likeness (QED) is 0.504. The van der Waals surface area contributed by atoms with E-state index in [4.69, 9.17) is 5.11 Å². The third-order valence-electron chi connectivity index (χ3n) is 5.22. The number of carbonyl (C=O) groups is 1. The standard InChI is InChI=1S/C18H27N3O2/c22-13-12-21-10-8-20(9-11-21)7-6-18(23)19-17-5-4-15-2-1-3-16(15)14-17/h4-5,14,22H,1-3,6-13H2,(H,19,23)/p+2. The summed E-state index contributed by atoms with van der Waals surface area (Å²) in [5, 5.41) is 12.0. The Bertz CT molecular complexity index is 539. The second-order valence-electron chi connectivity index (χ2n) is 6.86. The average Bonchev–Trinajstić information content (AvgIpc) is 3.02. The first kappa shape index (κ1) is 16.4. The van der Waals surface area contributed by atoms with Gasteiger partial charge < -0.3 is 20.2 Å². The van der Waals surface area contributed by atoms with E-state index in [1.807, 2.05) is 6.07 Å². The fourth-order valence-corrected chi connectivity index (χ4v) is 3.78. The van der Waals surface area contributed by atoms with Crippen molar-refractivity contribution in [3.63, 3.8) is 0 Å². The Labute approximate surface area is 138 Å². The van der Waals surface area contributed by atoms with Crippen molar-refractivity contribution < 1.29 is 19.7 Å². The van der Waals surface area contributed by atoms with E-state index >= 15 is 0 Å². The molecule has 1 saturated heterocycles. The first-order valence-electron chi connectivity index (χ1n) is 8.94. The predicted octanol–water partition coefficient (Wildman–Crippen LogP) is -1.72. The van der Waals surface area contributed by atoms with Crippen LogP contribution < -0.4 is 15.1 Å². The van der Waals surface area contributed by atoms with Gasteiger partial charge in [0.05, 0.1) is 19.6 Å². The number of benzene rings is 1. The SMILES string of the molecule is O=C(CC[NH+]1CC[NH+](CCO)CC1)Nc1ccc2c(c1)CCC2. The van der Waals surface area contributed by atoms with Crippen LogP contribution >= 0.6 is 0 Å². The first-order valence-corrected chi connectivity index (χ1v) is 8.94. The van der Waals surface area contributed by atoms with Gasteiger partial charge in [-0.05, 0) is 42.5 Å². The van der Waals surface area contributed by atoms with Crippen LogP contribution in [0.3, 0.4) is 0 Å². The van der Waals surface area contributed by atoms with Gasteiger partial charge in [0.2, 0.25) is 5.91 Å². The Morgan fingerprint density at radius 1 is 1.04 bits per heavy atom. The summed E-state index contributed by atoms with van der Waals surface area (Å²) in [6.45, 7) is 6.43. The number of amides is 1. The number of fused-ring (bicyclic) bond motifs is 1. The van der Waals surface area contributed by atoms with Gasteiger partial charge in [-0.15, -0.1) is 0 Å². The molecule has 0 bridgehead atoms. The van der Waals surface area contributed by atoms with Gasteiger partial charge >= 0.3 is 0 Å². The number of hydrogen-bond acceptors (Lipinski definition) is 2. The number of carbonyl (C=O) groups excluding carboxylic acids is 1. The van der Waals surface area contributed by atoms with Crippen LogP contribution in [0.15, 0.2) is 18.2 Å². The van der Waals surface area contributed by atoms with Crippen molar-refractivity contribution >= 4 is 11.6 Å². The zero-order valence-corrected chi connectivity index (χ0v) is 13.9. The topological polar surface area (TPSA) is 58.2 Å². The lowest BCUT2D eigenvalue weighted by Crippen LogP contribution is -3.28. The lowest BCUT2D eigenvalue weighted by Gasteiger charge is -2.29. The molecule has 1 aromatic rings. The van der Waals surface area contributed by atoms with Gasteiger partial charge in [-0.2, -0.15) is 0 Å². The molecular formula is C18H29N3O2+2. The van der Waals surface area contributed by atoms with E-state index in [0.717, 1.165) is 51.4 Å². The highest BCUT2D eigenvalue weighted by Gasteiger charge is 2.22. The summed E-state index contributed by atoms with van der Waals surface area (Å²) in [4.78, 5) is 15.2. The number of anilines is 1. The predicted molar refractivity (Wildman–Crippen MR) is 89.9 cm³/mol. The molecule has 0 unspecified atom stereocenters. The molecule has 5 heteroatoms. The Kier molecular flexibility index (Phi) is 5.65. The van der Waals surface area contributed by atoms with Gasteiger partial charge in [-0.1, -0.05) is 6.07 Å². The summed E-state index contributed by atoms with van der Waals surface area (Å²) in [7, 11) is 0. The molecule has 126 valence electrons. The van der Waals surface area contributed by atoms with Gasteiger partial charge in [0.15, 0.2) is 0 Å². The second-order valence-corrected chi connectivity index (χ2v) is 6.86. The van der Waals surface area contributed by atoms with Gasteiger partial charge in [-0.25, -0.2) is 0 Å². The molecule has 1 aliphatic heterocycles. The molecule has 0 atom stereocenters. The van der Waals surface area contributed by atoms with Crippen LogP contribution in [0.4, 0.5) is 5.69 Å². The van der Waals surface area contributed by atoms with E-state index in [-0.39, 0.29) is 12.5 Å². The molecule has 1 heterocycles. The van der Waals surface area contributed by atoms with Crippen molar-refractivity contribution in [1.82, 2.24) is 0 Å². The van der Waals surface area contributed by atoms with Crippen LogP contribution in [0.2, 0.25) is 0 Å². The number of rotatable bonds is 6. The van der Waals surface area contributed by atoms with Crippen molar-refractivity contribution in [2.75, 3.05) is 51.2 Å². The normalized spacial score (nSPS) is 23.5. The summed E-state index contributed by atoms with van der Waals surface area (Å²) in [5.74, 6) is 0.126. The van der Waals surface area contributed by atoms with Crippen molar-refractivity contribution in [1.29, 1.82) is 0 Å². The zero-order chi connectivity index (χ0) is 16.1. The maximum atomic E-state index is 12.2. The Hall–Kier alpha value is -1.43. The molecule has 5 nitrogen and oxygen atoms in total. The Morgan fingerprint density at radius 3 is 2.48 bits per heavy atom. The number of aliphatic hydroxyl groups excluding tert-OH is 1. The minimum atomic E-state index is 0.126. The van der Waals surface area contributed by atoms with Crippen molar-refractivity contribution in [3.8, 4) is 0 Å². The maximum Gasteiger partial charge on any atom is 0.230 e. The molecule has 1 fully saturated rings. The molecule has 0 spiro atoms. The molecule has 2 aliphatic rings. The summed E-state index contributed by atoms with van der Waals surface area (Å²) in [6.07, 6.45) is 4.14. The highest BCUT2D eigenvalue weighted by atomic mass is 16.3. The number of quaternary nitrogens is 2. The van der Waals surface area contributed by atoms with Crippen molar-refractivity contribution in [3.05, 3.63) is 29.3 Å². The maximum absolute atomic E-state index is 12.2. The largest absolute Gasteiger partial charge is 0.391 e. The smallest absolute Gasteiger partial charge is 0.230 e. The molecular weight excluding hydrogens is 290 g/mol. The van der Waals surface area contributed by atoms with E-state index in [1.54, 1.807) is 0 Å². The lowest BCUT2D eigenvalue weighted by molar-refractivity contribution is -1.01. The second kappa shape index (κ2) is 7.90. The highest BCUT2D eigenvalue weighted by Crippen LogP contribution is 2.24. The number of piperazine rings is 1. The molecule has 1 amide bonds. The third kappa shape index (κ3) is 4.53. The third-order valence-corrected chi connectivity index (χ3v) is 5.22. The molecule has 0 saturated carbocycles. The zero-order valence-electron chi connectivity index (χ0n) is 13.9. The summed E-state index contributed by atoms with van der Waals surface area (Å²) in [5.41, 5.74) is 3.79. The number of aryl methyl sites for hydroxylation is 2. The van der Waals surface area contributed by atoms with Crippen molar-refractivity contribution in [2.24, 2.45) is 0 Å². The van der Waals surface area contributed by atoms with Crippen LogP contribution in [-0.2, 0) is 17.6 Å². The number of aliphatic hydroxyl groups is 1. The van der Waals surface area contributed by atoms with Gasteiger partial charge in [-0.3, -0.25) is 4.79 Å². The monoisotopic (exact) mass is 319 g/mol. The molecule has 23 heavy (non-hydrogen) atoms. The number of nitrogens with one attached hydrogen (secondary N) is 3. The molecule has 0 radical (unpaired) electrons.